The van der Waals surface area contributed by atoms with Gasteiger partial charge in [0, 0.05) is 23.2 Å². The van der Waals surface area contributed by atoms with Crippen LogP contribution in [0.3, 0.4) is 0 Å². The lowest BCUT2D eigenvalue weighted by Gasteiger charge is -2.60. The minimum Gasteiger partial charge on any atom is -0.507 e. The molecule has 0 radical (unpaired) electrons. The van der Waals surface area contributed by atoms with E-state index in [1.165, 1.54) is 76.7 Å². The van der Waals surface area contributed by atoms with Crippen molar-refractivity contribution in [1.29, 1.82) is 0 Å². The molecule has 0 aliphatic heterocycles. The molecule has 7 heteroatoms. The number of unbranched alkanes of at least 4 members (excludes halogenated alkanes) is 2. The van der Waals surface area contributed by atoms with Gasteiger partial charge in [0.25, 0.3) is 0 Å². The van der Waals surface area contributed by atoms with Crippen LogP contribution in [0.2, 0.25) is 0 Å². The summed E-state index contributed by atoms with van der Waals surface area (Å²) in [6, 6.07) is 10.5. The molecule has 0 amide bonds. The summed E-state index contributed by atoms with van der Waals surface area (Å²) in [4.78, 5) is 15.4. The summed E-state index contributed by atoms with van der Waals surface area (Å²) < 4.78 is 11.1. The Hall–Kier alpha value is -2.70. The highest BCUT2D eigenvalue weighted by Crippen LogP contribution is 2.57. The average molecular weight is 554 g/mol. The molecule has 7 rings (SSSR count). The van der Waals surface area contributed by atoms with E-state index in [1.807, 2.05) is 12.1 Å². The van der Waals surface area contributed by atoms with Gasteiger partial charge in [0.2, 0.25) is 5.75 Å². The van der Waals surface area contributed by atoms with E-state index in [9.17, 15) is 15.0 Å². The summed E-state index contributed by atoms with van der Waals surface area (Å²) in [7, 11) is 3.77. The zero-order valence-corrected chi connectivity index (χ0v) is 23.8. The molecule has 3 aromatic rings. The maximum Gasteiger partial charge on any atom is 0.204 e. The summed E-state index contributed by atoms with van der Waals surface area (Å²) in [6.45, 7) is 1.21. The molecule has 2 aromatic carbocycles. The number of fused-ring (bicyclic) bond motifs is 1. The largest absolute Gasteiger partial charge is 0.507 e. The van der Waals surface area contributed by atoms with Crippen LogP contribution in [0, 0.1) is 17.8 Å². The number of aryl methyl sites for hydroxylation is 1. The second-order valence-corrected chi connectivity index (χ2v) is 12.2. The van der Waals surface area contributed by atoms with Crippen molar-refractivity contribution < 1.29 is 19.4 Å². The third-order valence-corrected chi connectivity index (χ3v) is 9.63. The Morgan fingerprint density at radius 3 is 2.21 bits per heavy atom. The Labute approximate surface area is 236 Å². The molecule has 0 atom stereocenters. The van der Waals surface area contributed by atoms with Gasteiger partial charge in [0.05, 0.1) is 7.11 Å². The molecule has 0 saturated heterocycles. The van der Waals surface area contributed by atoms with E-state index in [0.29, 0.717) is 11.3 Å². The zero-order valence-electron chi connectivity index (χ0n) is 22.9. The summed E-state index contributed by atoms with van der Waals surface area (Å²) in [5, 5.41) is 20.2. The van der Waals surface area contributed by atoms with Crippen molar-refractivity contribution in [2.75, 3.05) is 20.7 Å². The number of halogens is 1. The number of hydrogen-bond acceptors (Lipinski definition) is 6. The molecule has 0 spiro atoms. The van der Waals surface area contributed by atoms with E-state index >= 15 is 0 Å². The smallest absolute Gasteiger partial charge is 0.204 e. The number of nitrogens with zero attached hydrogens (tertiary/aromatic N) is 1. The summed E-state index contributed by atoms with van der Waals surface area (Å²) >= 11 is 0. The van der Waals surface area contributed by atoms with Crippen LogP contribution in [-0.4, -0.2) is 41.4 Å². The maximum absolute atomic E-state index is 12.7. The Balaban J connectivity index is 0.00000308. The number of methoxy groups -OCH3 is 1. The molecule has 4 saturated carbocycles. The van der Waals surface area contributed by atoms with Crippen molar-refractivity contribution in [1.82, 2.24) is 4.90 Å². The van der Waals surface area contributed by atoms with Gasteiger partial charge >= 0.3 is 0 Å². The van der Waals surface area contributed by atoms with Gasteiger partial charge in [-0.1, -0.05) is 30.7 Å². The van der Waals surface area contributed by atoms with Gasteiger partial charge in [-0.15, -0.1) is 12.4 Å². The van der Waals surface area contributed by atoms with Crippen molar-refractivity contribution in [3.05, 3.63) is 52.2 Å². The van der Waals surface area contributed by atoms with Gasteiger partial charge in [0.1, 0.15) is 16.9 Å². The standard InChI is InChI=1S/C32H39NO5.ClH/c1-33(32-17-21-12-22(18-32)14-23(13-21)19-32)11-5-3-4-6-20-7-9-24(10-8-20)28-16-26(35)29-25(34)15-27(36)30(37-2)31(29)38-28;/h7-10,15-16,21-23,34,36H,3-6,11-14,17-19H2,1-2H3;1H. The predicted molar refractivity (Wildman–Crippen MR) is 156 cm³/mol. The maximum atomic E-state index is 12.7. The van der Waals surface area contributed by atoms with E-state index < -0.39 is 0 Å². The van der Waals surface area contributed by atoms with Crippen LogP contribution in [0.1, 0.15) is 63.4 Å². The number of phenols is 2. The topological polar surface area (TPSA) is 83.1 Å². The highest BCUT2D eigenvalue weighted by atomic mass is 35.5. The van der Waals surface area contributed by atoms with Gasteiger partial charge in [-0.25, -0.2) is 0 Å². The van der Waals surface area contributed by atoms with Crippen LogP contribution in [0.15, 0.2) is 45.6 Å². The van der Waals surface area contributed by atoms with Crippen molar-refractivity contribution >= 4 is 23.4 Å². The molecule has 1 aromatic heterocycles. The quantitative estimate of drug-likeness (QED) is 0.280. The van der Waals surface area contributed by atoms with Crippen molar-refractivity contribution in [3.8, 4) is 28.6 Å². The number of rotatable bonds is 9. The van der Waals surface area contributed by atoms with E-state index in [2.05, 4.69) is 24.1 Å². The van der Waals surface area contributed by atoms with Crippen molar-refractivity contribution in [2.45, 2.75) is 69.7 Å². The highest BCUT2D eigenvalue weighted by Gasteiger charge is 2.52. The number of phenolic OH excluding ortho intramolecular Hbond substituents is 2. The fourth-order valence-corrected chi connectivity index (χ4v) is 8.08. The second kappa shape index (κ2) is 11.1. The predicted octanol–water partition coefficient (Wildman–Crippen LogP) is 6.92. The fourth-order valence-electron chi connectivity index (χ4n) is 8.08. The minimum atomic E-state index is -0.389. The Kier molecular flexibility index (Phi) is 7.89. The fraction of sp³-hybridized carbons (Fsp3) is 0.531. The normalized spacial score (nSPS) is 25.3. The molecule has 2 N–H and O–H groups in total. The van der Waals surface area contributed by atoms with Gasteiger partial charge in [0.15, 0.2) is 16.8 Å². The first-order valence-electron chi connectivity index (χ1n) is 14.2. The van der Waals surface area contributed by atoms with E-state index in [0.717, 1.165) is 42.2 Å². The highest BCUT2D eigenvalue weighted by molar-refractivity contribution is 5.91. The molecule has 0 unspecified atom stereocenters. The first kappa shape index (κ1) is 27.9. The SMILES string of the molecule is COc1c(O)cc(O)c2c(=O)cc(-c3ccc(CCCCCN(C)C45CC6CC(CC(C6)C4)C5)cc3)oc12.Cl. The monoisotopic (exact) mass is 553 g/mol. The zero-order chi connectivity index (χ0) is 26.4. The number of hydrogen-bond donors (Lipinski definition) is 2. The van der Waals surface area contributed by atoms with Crippen LogP contribution >= 0.6 is 12.4 Å². The number of aromatic hydroxyl groups is 2. The van der Waals surface area contributed by atoms with Crippen LogP contribution in [0.5, 0.6) is 17.2 Å². The van der Waals surface area contributed by atoms with Gasteiger partial charge in [-0.2, -0.15) is 0 Å². The number of benzene rings is 2. The Morgan fingerprint density at radius 1 is 0.949 bits per heavy atom. The molecule has 4 aliphatic carbocycles. The first-order chi connectivity index (χ1) is 18.3. The van der Waals surface area contributed by atoms with Gasteiger partial charge in [-0.05, 0) is 94.7 Å². The van der Waals surface area contributed by atoms with Crippen LogP contribution in [0.25, 0.3) is 22.3 Å². The summed E-state index contributed by atoms with van der Waals surface area (Å²) in [5.41, 5.74) is 2.17. The van der Waals surface area contributed by atoms with Crippen LogP contribution < -0.4 is 10.2 Å². The lowest BCUT2D eigenvalue weighted by atomic mass is 9.52. The van der Waals surface area contributed by atoms with Crippen molar-refractivity contribution in [3.63, 3.8) is 0 Å². The lowest BCUT2D eigenvalue weighted by molar-refractivity contribution is -0.0793. The minimum absolute atomic E-state index is 0. The van der Waals surface area contributed by atoms with E-state index in [1.54, 1.807) is 0 Å². The van der Waals surface area contributed by atoms with E-state index in [4.69, 9.17) is 9.15 Å². The third kappa shape index (κ3) is 5.26. The van der Waals surface area contributed by atoms with Crippen LogP contribution in [-0.2, 0) is 6.42 Å². The average Bonchev–Trinajstić information content (AvgIpc) is 2.87. The van der Waals surface area contributed by atoms with Gasteiger partial charge in [-0.3, -0.25) is 4.79 Å². The van der Waals surface area contributed by atoms with E-state index in [-0.39, 0.29) is 46.1 Å². The molecular formula is C32H40ClNO5. The molecule has 4 fully saturated rings. The molecule has 39 heavy (non-hydrogen) atoms. The Morgan fingerprint density at radius 2 is 1.59 bits per heavy atom. The molecule has 4 bridgehead atoms. The third-order valence-electron chi connectivity index (χ3n) is 9.63. The van der Waals surface area contributed by atoms with Crippen LogP contribution in [0.4, 0.5) is 0 Å². The molecule has 6 nitrogen and oxygen atoms in total. The molecule has 1 heterocycles. The summed E-state index contributed by atoms with van der Waals surface area (Å²) in [5.74, 6) is 2.77. The van der Waals surface area contributed by atoms with Crippen molar-refractivity contribution in [2.24, 2.45) is 17.8 Å². The lowest BCUT2D eigenvalue weighted by Crippen LogP contribution is -2.58. The van der Waals surface area contributed by atoms with Gasteiger partial charge < -0.3 is 24.3 Å². The molecule has 210 valence electrons. The summed E-state index contributed by atoms with van der Waals surface area (Å²) in [6.07, 6.45) is 13.5. The number of ether oxygens (including phenoxy) is 1. The molecule has 4 aliphatic rings. The molecular weight excluding hydrogens is 514 g/mol. The Bertz CT molecular complexity index is 1350. The second-order valence-electron chi connectivity index (χ2n) is 12.2. The first-order valence-corrected chi connectivity index (χ1v) is 14.2.